The standard InChI is InChI=1S/C17H21ClN4O/c1-13-9-14(6-7-19-13)4-5-16-3-2-8-22(16)17(23)12-21-11-15(18)10-20-21/h6-7,9-11,16H,2-5,8,12H2,1H3/t16-/m1/s1. The largest absolute Gasteiger partial charge is 0.338 e. The Kier molecular flexibility index (Phi) is 4.96. The first-order chi connectivity index (χ1) is 11.1. The van der Waals surface area contributed by atoms with E-state index in [1.165, 1.54) is 5.56 Å². The van der Waals surface area contributed by atoms with Crippen molar-refractivity contribution in [3.05, 3.63) is 47.0 Å². The maximum atomic E-state index is 12.5. The highest BCUT2D eigenvalue weighted by Gasteiger charge is 2.28. The molecule has 1 aliphatic rings. The van der Waals surface area contributed by atoms with Crippen LogP contribution in [-0.2, 0) is 17.8 Å². The van der Waals surface area contributed by atoms with Gasteiger partial charge in [-0.05, 0) is 50.3 Å². The zero-order valence-electron chi connectivity index (χ0n) is 13.3. The lowest BCUT2D eigenvalue weighted by molar-refractivity contribution is -0.132. The summed E-state index contributed by atoms with van der Waals surface area (Å²) in [5.74, 6) is 0.123. The number of amides is 1. The van der Waals surface area contributed by atoms with E-state index in [9.17, 15) is 4.79 Å². The maximum absolute atomic E-state index is 12.5. The van der Waals surface area contributed by atoms with Crippen molar-refractivity contribution in [2.75, 3.05) is 6.54 Å². The highest BCUT2D eigenvalue weighted by Crippen LogP contribution is 2.22. The molecule has 2 aromatic rings. The van der Waals surface area contributed by atoms with Gasteiger partial charge >= 0.3 is 0 Å². The van der Waals surface area contributed by atoms with Crippen molar-refractivity contribution in [2.45, 2.75) is 45.2 Å². The van der Waals surface area contributed by atoms with E-state index in [4.69, 9.17) is 11.6 Å². The summed E-state index contributed by atoms with van der Waals surface area (Å²) in [5, 5.41) is 4.64. The predicted molar refractivity (Wildman–Crippen MR) is 89.3 cm³/mol. The molecule has 0 aliphatic carbocycles. The molecule has 5 nitrogen and oxygen atoms in total. The molecular formula is C17H21ClN4O. The van der Waals surface area contributed by atoms with Gasteiger partial charge in [0.05, 0.1) is 11.2 Å². The predicted octanol–water partition coefficient (Wildman–Crippen LogP) is 2.86. The monoisotopic (exact) mass is 332 g/mol. The SMILES string of the molecule is Cc1cc(CC[C@H]2CCCN2C(=O)Cn2cc(Cl)cn2)ccn1. The van der Waals surface area contributed by atoms with Crippen LogP contribution < -0.4 is 0 Å². The molecule has 0 saturated carbocycles. The maximum Gasteiger partial charge on any atom is 0.244 e. The normalized spacial score (nSPS) is 17.7. The molecule has 3 rings (SSSR count). The topological polar surface area (TPSA) is 51.0 Å². The summed E-state index contributed by atoms with van der Waals surface area (Å²) in [4.78, 5) is 18.7. The van der Waals surface area contributed by atoms with Gasteiger partial charge in [0.15, 0.2) is 0 Å². The Morgan fingerprint density at radius 2 is 2.35 bits per heavy atom. The number of aromatic nitrogens is 3. The highest BCUT2D eigenvalue weighted by atomic mass is 35.5. The van der Waals surface area contributed by atoms with Crippen molar-refractivity contribution in [1.29, 1.82) is 0 Å². The minimum Gasteiger partial charge on any atom is -0.338 e. The Balaban J connectivity index is 1.57. The fourth-order valence-corrected chi connectivity index (χ4v) is 3.37. The minimum atomic E-state index is 0.123. The molecule has 6 heteroatoms. The summed E-state index contributed by atoms with van der Waals surface area (Å²) in [7, 11) is 0. The number of aryl methyl sites for hydroxylation is 2. The van der Waals surface area contributed by atoms with Crippen LogP contribution in [0.5, 0.6) is 0 Å². The molecule has 0 unspecified atom stereocenters. The van der Waals surface area contributed by atoms with Crippen LogP contribution in [0, 0.1) is 6.92 Å². The third-order valence-electron chi connectivity index (χ3n) is 4.32. The number of hydrogen-bond acceptors (Lipinski definition) is 3. The van der Waals surface area contributed by atoms with E-state index in [1.54, 1.807) is 17.1 Å². The molecule has 0 spiro atoms. The van der Waals surface area contributed by atoms with E-state index in [-0.39, 0.29) is 12.5 Å². The van der Waals surface area contributed by atoms with Gasteiger partial charge in [0.1, 0.15) is 6.54 Å². The number of carbonyl (C=O) groups excluding carboxylic acids is 1. The molecular weight excluding hydrogens is 312 g/mol. The molecule has 3 heterocycles. The van der Waals surface area contributed by atoms with Crippen molar-refractivity contribution < 1.29 is 4.79 Å². The molecule has 2 aromatic heterocycles. The van der Waals surface area contributed by atoms with Crippen molar-refractivity contribution in [1.82, 2.24) is 19.7 Å². The number of carbonyl (C=O) groups is 1. The lowest BCUT2D eigenvalue weighted by Gasteiger charge is -2.25. The first-order valence-electron chi connectivity index (χ1n) is 8.01. The zero-order valence-corrected chi connectivity index (χ0v) is 14.0. The quantitative estimate of drug-likeness (QED) is 0.846. The summed E-state index contributed by atoms with van der Waals surface area (Å²) < 4.78 is 1.60. The lowest BCUT2D eigenvalue weighted by Crippen LogP contribution is -2.38. The van der Waals surface area contributed by atoms with Gasteiger partial charge in [-0.15, -0.1) is 0 Å². The zero-order chi connectivity index (χ0) is 16.2. The van der Waals surface area contributed by atoms with Crippen molar-refractivity contribution in [3.8, 4) is 0 Å². The van der Waals surface area contributed by atoms with Crippen LogP contribution in [-0.4, -0.2) is 38.2 Å². The molecule has 1 aliphatic heterocycles. The number of likely N-dealkylation sites (tertiary alicyclic amines) is 1. The summed E-state index contributed by atoms with van der Waals surface area (Å²) in [6.45, 7) is 3.11. The number of rotatable bonds is 5. The average molecular weight is 333 g/mol. The highest BCUT2D eigenvalue weighted by molar-refractivity contribution is 6.30. The molecule has 0 radical (unpaired) electrons. The first kappa shape index (κ1) is 16.0. The van der Waals surface area contributed by atoms with Gasteiger partial charge in [-0.1, -0.05) is 11.6 Å². The van der Waals surface area contributed by atoms with Gasteiger partial charge in [-0.3, -0.25) is 14.5 Å². The Bertz CT molecular complexity index is 685. The number of nitrogens with zero attached hydrogens (tertiary/aromatic N) is 4. The summed E-state index contributed by atoms with van der Waals surface area (Å²) in [6, 6.07) is 4.49. The smallest absolute Gasteiger partial charge is 0.244 e. The van der Waals surface area contributed by atoms with Crippen LogP contribution in [0.2, 0.25) is 5.02 Å². The van der Waals surface area contributed by atoms with Gasteiger partial charge in [-0.2, -0.15) is 5.10 Å². The fraction of sp³-hybridized carbons (Fsp3) is 0.471. The molecule has 1 amide bonds. The molecule has 0 N–H and O–H groups in total. The second kappa shape index (κ2) is 7.13. The fourth-order valence-electron chi connectivity index (χ4n) is 3.21. The Morgan fingerprint density at radius 1 is 1.48 bits per heavy atom. The van der Waals surface area contributed by atoms with Crippen LogP contribution in [0.25, 0.3) is 0 Å². The Hall–Kier alpha value is -1.88. The van der Waals surface area contributed by atoms with E-state index in [1.807, 2.05) is 18.0 Å². The van der Waals surface area contributed by atoms with Crippen molar-refractivity contribution in [2.24, 2.45) is 0 Å². The van der Waals surface area contributed by atoms with Gasteiger partial charge in [0, 0.05) is 30.7 Å². The third kappa shape index (κ3) is 4.10. The second-order valence-electron chi connectivity index (χ2n) is 6.08. The molecule has 23 heavy (non-hydrogen) atoms. The van der Waals surface area contributed by atoms with Crippen molar-refractivity contribution in [3.63, 3.8) is 0 Å². The van der Waals surface area contributed by atoms with Gasteiger partial charge in [0.2, 0.25) is 5.91 Å². The van der Waals surface area contributed by atoms with E-state index in [0.717, 1.165) is 37.9 Å². The Labute approximate surface area is 141 Å². The van der Waals surface area contributed by atoms with E-state index in [0.29, 0.717) is 11.1 Å². The molecule has 1 saturated heterocycles. The second-order valence-corrected chi connectivity index (χ2v) is 6.52. The van der Waals surface area contributed by atoms with Crippen LogP contribution in [0.3, 0.4) is 0 Å². The number of halogens is 1. The molecule has 122 valence electrons. The van der Waals surface area contributed by atoms with E-state index >= 15 is 0 Å². The average Bonchev–Trinajstić information content (AvgIpc) is 3.14. The van der Waals surface area contributed by atoms with Crippen LogP contribution in [0.4, 0.5) is 0 Å². The first-order valence-corrected chi connectivity index (χ1v) is 8.38. The molecule has 1 atom stereocenters. The van der Waals surface area contributed by atoms with Crippen LogP contribution >= 0.6 is 11.6 Å². The lowest BCUT2D eigenvalue weighted by atomic mass is 10.0. The van der Waals surface area contributed by atoms with Crippen LogP contribution in [0.15, 0.2) is 30.7 Å². The molecule has 0 bridgehead atoms. The molecule has 1 fully saturated rings. The Morgan fingerprint density at radius 3 is 3.09 bits per heavy atom. The molecule has 0 aromatic carbocycles. The minimum absolute atomic E-state index is 0.123. The van der Waals surface area contributed by atoms with Gasteiger partial charge in [-0.25, -0.2) is 0 Å². The van der Waals surface area contributed by atoms with Crippen molar-refractivity contribution >= 4 is 17.5 Å². The number of pyridine rings is 1. The third-order valence-corrected chi connectivity index (χ3v) is 4.52. The summed E-state index contributed by atoms with van der Waals surface area (Å²) in [6.07, 6.45) is 9.22. The van der Waals surface area contributed by atoms with Gasteiger partial charge < -0.3 is 4.90 Å². The summed E-state index contributed by atoms with van der Waals surface area (Å²) >= 11 is 5.85. The van der Waals surface area contributed by atoms with E-state index in [2.05, 4.69) is 22.2 Å². The van der Waals surface area contributed by atoms with Gasteiger partial charge in [0.25, 0.3) is 0 Å². The summed E-state index contributed by atoms with van der Waals surface area (Å²) in [5.41, 5.74) is 2.33. The van der Waals surface area contributed by atoms with E-state index < -0.39 is 0 Å². The number of hydrogen-bond donors (Lipinski definition) is 0. The van der Waals surface area contributed by atoms with Crippen LogP contribution in [0.1, 0.15) is 30.5 Å².